The Labute approximate surface area is 616 Å². The number of halogens is 6. The zero-order chi connectivity index (χ0) is 78.6. The van der Waals surface area contributed by atoms with Gasteiger partial charge in [-0.15, -0.1) is 5.10 Å². The summed E-state index contributed by atoms with van der Waals surface area (Å²) in [6.07, 6.45) is -9.22. The van der Waals surface area contributed by atoms with Gasteiger partial charge in [-0.1, -0.05) is 116 Å². The molecule has 6 aromatic rings. The number of carbonyl (C=O) groups is 10. The van der Waals surface area contributed by atoms with Crippen LogP contribution in [0.1, 0.15) is 111 Å². The number of nitrogens with zero attached hydrogens (tertiary/aromatic N) is 8. The van der Waals surface area contributed by atoms with Crippen molar-refractivity contribution in [3.05, 3.63) is 154 Å². The summed E-state index contributed by atoms with van der Waals surface area (Å²) in [5.74, 6) is -10.8. The quantitative estimate of drug-likeness (QED) is 0.0622. The molecule has 8 amide bonds. The zero-order valence-electron chi connectivity index (χ0n) is 60.2. The number of likely N-dealkylation sites (N-methyl/N-ethyl adjacent to an activating group) is 2. The Morgan fingerprint density at radius 1 is 0.537 bits per heavy atom. The van der Waals surface area contributed by atoms with Crippen LogP contribution in [0.2, 0.25) is 0 Å². The molecule has 12 rings (SSSR count). The number of aliphatic carboxylic acids is 2. The van der Waals surface area contributed by atoms with Crippen LogP contribution in [-0.2, 0) is 99.2 Å². The van der Waals surface area contributed by atoms with Crippen molar-refractivity contribution in [1.29, 1.82) is 0 Å². The Balaban J connectivity index is 1.06. The minimum atomic E-state index is -4.83. The maximum atomic E-state index is 15.0. The number of amides is 8. The topological polar surface area (TPSA) is 394 Å². The van der Waals surface area contributed by atoms with Crippen molar-refractivity contribution in [3.63, 3.8) is 0 Å². The van der Waals surface area contributed by atoms with Crippen LogP contribution in [-0.4, -0.2) is 197 Å². The van der Waals surface area contributed by atoms with Gasteiger partial charge in [-0.3, -0.25) is 38.4 Å². The first-order chi connectivity index (χ1) is 51.1. The summed E-state index contributed by atoms with van der Waals surface area (Å²) >= 11 is 0. The van der Waals surface area contributed by atoms with Crippen LogP contribution in [0, 0.1) is 11.8 Å². The molecule has 4 aromatic carbocycles. The van der Waals surface area contributed by atoms with E-state index in [2.05, 4.69) is 63.2 Å². The Bertz CT molecular complexity index is 3970. The molecule has 12 unspecified atom stereocenters. The monoisotopic (exact) mass is 1510 g/mol. The van der Waals surface area contributed by atoms with E-state index in [1.54, 1.807) is 53.7 Å². The van der Waals surface area contributed by atoms with Gasteiger partial charge in [0, 0.05) is 51.6 Å². The fourth-order valence-electron chi connectivity index (χ4n) is 12.7. The lowest BCUT2D eigenvalue weighted by Gasteiger charge is -2.32. The summed E-state index contributed by atoms with van der Waals surface area (Å²) in [4.78, 5) is 144. The third-order valence-corrected chi connectivity index (χ3v) is 19.1. The van der Waals surface area contributed by atoms with Gasteiger partial charge in [0.1, 0.15) is 73.0 Å². The van der Waals surface area contributed by atoms with E-state index in [0.717, 1.165) is 36.4 Å². The van der Waals surface area contributed by atoms with Gasteiger partial charge in [-0.2, -0.15) is 26.3 Å². The maximum absolute atomic E-state index is 15.0. The van der Waals surface area contributed by atoms with E-state index in [-0.39, 0.29) is 80.4 Å². The SMILES string of the molecule is CNC(C)C(=O)NC(C(=O)N1CC2CC1C(=O)NC(Cc1cccc(C(F)(F)F)c1)C(=O)NC(C(=O)O)Cc1ccc(cc1)COc1cn(nn1)C1CC(C(=O)NC(Cc3cccc(C(F)(F)F)c3)C(=O)NC(C(=O)O)Cc3ccc(cc3)OCc3cn2nn3)N(C(=O)C(NC(=O)C(C)NC)C(C)C)C1)C(C)C. The van der Waals surface area contributed by atoms with Crippen LogP contribution in [0.15, 0.2) is 109 Å². The average molecular weight is 1510 g/mol. The molecule has 0 aliphatic carbocycles. The van der Waals surface area contributed by atoms with E-state index in [9.17, 15) is 74.9 Å². The minimum Gasteiger partial charge on any atom is -0.487 e. The second-order valence-corrected chi connectivity index (χ2v) is 27.7. The van der Waals surface area contributed by atoms with E-state index in [4.69, 9.17) is 9.47 Å². The molecule has 12 atom stereocenters. The summed E-state index contributed by atoms with van der Waals surface area (Å²) in [5, 5.41) is 59.3. The molecular weight excluding hydrogens is 1430 g/mol. The molecule has 12 bridgehead atoms. The summed E-state index contributed by atoms with van der Waals surface area (Å²) in [7, 11) is 3.07. The highest BCUT2D eigenvalue weighted by molar-refractivity contribution is 5.98. The first-order valence-corrected chi connectivity index (χ1v) is 34.9. The van der Waals surface area contributed by atoms with E-state index in [0.29, 0.717) is 16.7 Å². The van der Waals surface area contributed by atoms with Gasteiger partial charge in [0.2, 0.25) is 47.3 Å². The number of hydrogen-bond acceptors (Lipinski definition) is 18. The molecule has 30 nitrogen and oxygen atoms in total. The van der Waals surface area contributed by atoms with Crippen LogP contribution in [0.5, 0.6) is 11.6 Å². The summed E-state index contributed by atoms with van der Waals surface area (Å²) in [6.45, 7) is 8.83. The highest BCUT2D eigenvalue weighted by atomic mass is 19.4. The van der Waals surface area contributed by atoms with Gasteiger partial charge < -0.3 is 72.0 Å². The molecule has 6 aliphatic heterocycles. The molecule has 10 N–H and O–H groups in total. The number of rotatable bonds is 16. The number of nitrogens with one attached hydrogen (secondary N) is 8. The molecule has 108 heavy (non-hydrogen) atoms. The largest absolute Gasteiger partial charge is 0.487 e. The number of hydrogen-bond donors (Lipinski definition) is 10. The van der Waals surface area contributed by atoms with E-state index >= 15 is 9.59 Å². The lowest BCUT2D eigenvalue weighted by Crippen LogP contribution is -2.59. The number of carbonyl (C=O) groups excluding carboxylic acids is 8. The van der Waals surface area contributed by atoms with Crippen molar-refractivity contribution in [2.24, 2.45) is 11.8 Å². The standard InChI is InChI=1S/C72H86F6N16O14/c1-37(2)59(85-61(95)39(5)79-7)67(101)91-32-49-29-56(91)65(99)81-52(27-44-11-9-13-46(23-44)71(73,74)75)63(97)83-54(69(103)104)25-41-15-17-43(18-16-41)35-108-58-34-94(90-88-58)50-30-57(92(33-50)68(102)60(38(3)4)86-62(96)40(6)80-8)66(100)82-53(28-45-12-10-14-47(24-45)72(76,77)78)64(98)84-55(70(105)106)26-42-19-21-51(22-20-42)107-36-48-31-93(49)89-87-48/h9-24,31,34,37-40,49-50,52-57,59-60,79-80H,25-30,32-33,35-36H2,1-8H3,(H,81,99)(H,82,100)(H,83,97)(H,84,98)(H,85,95)(H,86,96)(H,103,104)(H,105,106). The predicted molar refractivity (Wildman–Crippen MR) is 371 cm³/mol. The molecule has 0 radical (unpaired) electrons. The van der Waals surface area contributed by atoms with Crippen LogP contribution < -0.4 is 52.0 Å². The molecule has 2 fully saturated rings. The summed E-state index contributed by atoms with van der Waals surface area (Å²) in [5.41, 5.74) is -0.923. The number of aromatic nitrogens is 6. The molecule has 36 heteroatoms. The highest BCUT2D eigenvalue weighted by Gasteiger charge is 2.48. The second kappa shape index (κ2) is 35.1. The average Bonchev–Trinajstić information content (AvgIpc) is 1.68. The molecular formula is C72H86F6N16O14. The van der Waals surface area contributed by atoms with Crippen LogP contribution in [0.3, 0.4) is 0 Å². The van der Waals surface area contributed by atoms with Gasteiger partial charge in [0.05, 0.1) is 47.7 Å². The summed E-state index contributed by atoms with van der Waals surface area (Å²) in [6, 6.07) is 4.43. The van der Waals surface area contributed by atoms with Crippen LogP contribution in [0.25, 0.3) is 0 Å². The van der Waals surface area contributed by atoms with Gasteiger partial charge in [-0.25, -0.2) is 19.0 Å². The Morgan fingerprint density at radius 3 is 1.37 bits per heavy atom. The molecule has 0 saturated carbocycles. The third kappa shape index (κ3) is 20.8. The Hall–Kier alpha value is -11.0. The Kier molecular flexibility index (Phi) is 26.4. The number of alkyl halides is 6. The van der Waals surface area contributed by atoms with Crippen molar-refractivity contribution in [2.45, 2.75) is 178 Å². The molecule has 0 spiro atoms. The third-order valence-electron chi connectivity index (χ3n) is 19.1. The number of likely N-dealkylation sites (tertiary alicyclic amines) is 2. The van der Waals surface area contributed by atoms with Crippen molar-refractivity contribution < 1.29 is 94.0 Å². The lowest BCUT2D eigenvalue weighted by molar-refractivity contribution is -0.144. The van der Waals surface area contributed by atoms with E-state index in [1.165, 1.54) is 94.2 Å². The normalized spacial score (nSPS) is 21.9. The fourth-order valence-corrected chi connectivity index (χ4v) is 12.7. The van der Waals surface area contributed by atoms with E-state index in [1.807, 2.05) is 0 Å². The van der Waals surface area contributed by atoms with Gasteiger partial charge >= 0.3 is 24.3 Å². The molecule has 2 aromatic heterocycles. The second-order valence-electron chi connectivity index (χ2n) is 27.7. The highest BCUT2D eigenvalue weighted by Crippen LogP contribution is 2.35. The first kappa shape index (κ1) is 81.0. The Morgan fingerprint density at radius 2 is 0.954 bits per heavy atom. The van der Waals surface area contributed by atoms with E-state index < -0.39 is 180 Å². The van der Waals surface area contributed by atoms with Crippen LogP contribution in [0.4, 0.5) is 26.3 Å². The summed E-state index contributed by atoms with van der Waals surface area (Å²) < 4.78 is 99.7. The molecule has 8 heterocycles. The van der Waals surface area contributed by atoms with Crippen LogP contribution >= 0.6 is 0 Å². The smallest absolute Gasteiger partial charge is 0.416 e. The number of carboxylic acid groups (broad SMARTS) is 2. The van der Waals surface area contributed by atoms with Crippen molar-refractivity contribution in [1.82, 2.24) is 82.3 Å². The van der Waals surface area contributed by atoms with Gasteiger partial charge in [-0.05, 0) is 91.9 Å². The van der Waals surface area contributed by atoms with Crippen molar-refractivity contribution in [2.75, 3.05) is 27.2 Å². The fraction of sp³-hybridized carbons (Fsp3) is 0.472. The molecule has 580 valence electrons. The lowest BCUT2D eigenvalue weighted by atomic mass is 10.00. The maximum Gasteiger partial charge on any atom is 0.416 e. The number of ether oxygens (including phenoxy) is 2. The van der Waals surface area contributed by atoms with Gasteiger partial charge in [0.25, 0.3) is 5.88 Å². The van der Waals surface area contributed by atoms with Crippen molar-refractivity contribution in [3.8, 4) is 11.6 Å². The minimum absolute atomic E-state index is 0.0631. The first-order valence-electron chi connectivity index (χ1n) is 34.9. The molecule has 2 saturated heterocycles. The van der Waals surface area contributed by atoms with Gasteiger partial charge in [0.15, 0.2) is 0 Å². The molecule has 6 aliphatic rings. The van der Waals surface area contributed by atoms with Crippen molar-refractivity contribution >= 4 is 59.2 Å². The zero-order valence-corrected chi connectivity index (χ0v) is 60.2. The number of benzene rings is 4. The number of carboxylic acids is 2. The predicted octanol–water partition coefficient (Wildman–Crippen LogP) is 3.24.